The van der Waals surface area contributed by atoms with Crippen molar-refractivity contribution in [3.8, 4) is 0 Å². The van der Waals surface area contributed by atoms with E-state index in [9.17, 15) is 4.79 Å². The number of rotatable bonds is 9. The molecular weight excluding hydrogens is 336 g/mol. The zero-order chi connectivity index (χ0) is 18.9. The van der Waals surface area contributed by atoms with Crippen molar-refractivity contribution in [2.24, 2.45) is 0 Å². The fourth-order valence-electron chi connectivity index (χ4n) is 3.20. The van der Waals surface area contributed by atoms with Crippen LogP contribution >= 0.6 is 0 Å². The molecule has 0 aliphatic rings. The third kappa shape index (κ3) is 5.83. The largest absolute Gasteiger partial charge is 0.463 e. The molecule has 0 aliphatic carbocycles. The molecule has 0 unspecified atom stereocenters. The minimum atomic E-state index is -0.0217. The molecule has 4 nitrogen and oxygen atoms in total. The summed E-state index contributed by atoms with van der Waals surface area (Å²) in [5, 5.41) is 5.12. The molecule has 27 heavy (non-hydrogen) atoms. The molecule has 0 spiro atoms. The summed E-state index contributed by atoms with van der Waals surface area (Å²) in [4.78, 5) is 12.4. The zero-order valence-corrected chi connectivity index (χ0v) is 15.7. The van der Waals surface area contributed by atoms with Crippen molar-refractivity contribution in [3.05, 3.63) is 95.9 Å². The molecule has 0 fully saturated rings. The third-order valence-corrected chi connectivity index (χ3v) is 4.66. The number of hydrogen-bond donors (Lipinski definition) is 2. The van der Waals surface area contributed by atoms with E-state index >= 15 is 0 Å². The van der Waals surface area contributed by atoms with Crippen LogP contribution in [0.3, 0.4) is 0 Å². The van der Waals surface area contributed by atoms with Gasteiger partial charge in [0.2, 0.25) is 0 Å². The van der Waals surface area contributed by atoms with Gasteiger partial charge in [0.15, 0.2) is 18.3 Å². The molecule has 0 aliphatic heterocycles. The highest BCUT2D eigenvalue weighted by atomic mass is 16.3. The molecule has 1 heterocycles. The average Bonchev–Trinajstić information content (AvgIpc) is 3.23. The van der Waals surface area contributed by atoms with Gasteiger partial charge < -0.3 is 15.1 Å². The van der Waals surface area contributed by atoms with Gasteiger partial charge in [-0.3, -0.25) is 4.79 Å². The molecule has 0 bridgehead atoms. The first-order valence-electron chi connectivity index (χ1n) is 9.47. The van der Waals surface area contributed by atoms with Crippen LogP contribution < -0.4 is 10.6 Å². The highest BCUT2D eigenvalue weighted by molar-refractivity contribution is 5.77. The third-order valence-electron chi connectivity index (χ3n) is 4.66. The lowest BCUT2D eigenvalue weighted by Gasteiger charge is -2.16. The molecule has 1 aromatic heterocycles. The van der Waals surface area contributed by atoms with Gasteiger partial charge in [0, 0.05) is 11.6 Å². The Labute approximate surface area is 160 Å². The van der Waals surface area contributed by atoms with Gasteiger partial charge in [0.1, 0.15) is 0 Å². The van der Waals surface area contributed by atoms with E-state index < -0.39 is 0 Å². The number of benzene rings is 2. The summed E-state index contributed by atoms with van der Waals surface area (Å²) in [5.74, 6) is 0.897. The lowest BCUT2D eigenvalue weighted by atomic mass is 10.0. The Hall–Kier alpha value is -2.85. The van der Waals surface area contributed by atoms with Crippen LogP contribution in [0.15, 0.2) is 83.5 Å². The van der Waals surface area contributed by atoms with Gasteiger partial charge in [0.25, 0.3) is 5.91 Å². The number of nitrogens with one attached hydrogen (secondary N) is 1. The smallest absolute Gasteiger partial charge is 0.275 e. The highest BCUT2D eigenvalue weighted by Gasteiger charge is 2.21. The number of hydrogen-bond acceptors (Lipinski definition) is 2. The number of quaternary nitrogens is 1. The predicted molar refractivity (Wildman–Crippen MR) is 106 cm³/mol. The first-order chi connectivity index (χ1) is 13.2. The maximum absolute atomic E-state index is 12.4. The Balaban J connectivity index is 1.50. The minimum absolute atomic E-state index is 0.0217. The van der Waals surface area contributed by atoms with E-state index in [0.29, 0.717) is 6.54 Å². The summed E-state index contributed by atoms with van der Waals surface area (Å²) >= 11 is 0. The number of nitrogens with two attached hydrogens (primary N) is 1. The topological polar surface area (TPSA) is 58.9 Å². The maximum Gasteiger partial charge on any atom is 0.275 e. The van der Waals surface area contributed by atoms with Gasteiger partial charge in [-0.25, -0.2) is 0 Å². The number of carbonyl (C=O) groups is 1. The molecule has 0 saturated heterocycles. The zero-order valence-electron chi connectivity index (χ0n) is 15.7. The van der Waals surface area contributed by atoms with Crippen LogP contribution in [0.2, 0.25) is 0 Å². The first kappa shape index (κ1) is 18.9. The lowest BCUT2D eigenvalue weighted by molar-refractivity contribution is -0.678. The summed E-state index contributed by atoms with van der Waals surface area (Å²) in [6.07, 6.45) is 3.56. The minimum Gasteiger partial charge on any atom is -0.463 e. The predicted octanol–water partition coefficient (Wildman–Crippen LogP) is 3.07. The van der Waals surface area contributed by atoms with Crippen LogP contribution in [0.5, 0.6) is 0 Å². The number of furan rings is 1. The SMILES string of the molecule is C[C@@H](CCc1ccccc1)NC(=O)C[NH2+][C@@H](c1ccccc1)c1ccco1. The van der Waals surface area contributed by atoms with Crippen molar-refractivity contribution in [2.45, 2.75) is 31.8 Å². The van der Waals surface area contributed by atoms with E-state index in [1.165, 1.54) is 5.56 Å². The van der Waals surface area contributed by atoms with Gasteiger partial charge in [0.05, 0.1) is 6.26 Å². The van der Waals surface area contributed by atoms with E-state index in [0.717, 1.165) is 24.2 Å². The monoisotopic (exact) mass is 363 g/mol. The van der Waals surface area contributed by atoms with Crippen LogP contribution in [0.4, 0.5) is 0 Å². The van der Waals surface area contributed by atoms with E-state index in [1.54, 1.807) is 6.26 Å². The van der Waals surface area contributed by atoms with E-state index in [-0.39, 0.29) is 18.0 Å². The molecule has 3 rings (SSSR count). The molecule has 0 saturated carbocycles. The quantitative estimate of drug-likeness (QED) is 0.614. The van der Waals surface area contributed by atoms with Gasteiger partial charge in [-0.2, -0.15) is 0 Å². The summed E-state index contributed by atoms with van der Waals surface area (Å²) in [6.45, 7) is 2.41. The second-order valence-corrected chi connectivity index (χ2v) is 6.84. The molecule has 3 aromatic rings. The summed E-state index contributed by atoms with van der Waals surface area (Å²) < 4.78 is 5.59. The lowest BCUT2D eigenvalue weighted by Crippen LogP contribution is -2.87. The molecule has 2 aromatic carbocycles. The number of carbonyl (C=O) groups excluding carboxylic acids is 1. The molecule has 3 N–H and O–H groups in total. The van der Waals surface area contributed by atoms with Gasteiger partial charge >= 0.3 is 0 Å². The molecule has 140 valence electrons. The van der Waals surface area contributed by atoms with Crippen molar-refractivity contribution in [3.63, 3.8) is 0 Å². The summed E-state index contributed by atoms with van der Waals surface area (Å²) in [7, 11) is 0. The molecule has 2 atom stereocenters. The van der Waals surface area contributed by atoms with E-state index in [4.69, 9.17) is 4.42 Å². The standard InChI is InChI=1S/C23H26N2O2/c1-18(14-15-19-9-4-2-5-10-19)25-22(26)17-24-23(21-13-8-16-27-21)20-11-6-3-7-12-20/h2-13,16,18,23-24H,14-15,17H2,1H3,(H,25,26)/p+1/t18-,23-/m0/s1. The van der Waals surface area contributed by atoms with Crippen LogP contribution in [-0.2, 0) is 11.2 Å². The van der Waals surface area contributed by atoms with Crippen LogP contribution in [0.25, 0.3) is 0 Å². The molecule has 0 radical (unpaired) electrons. The van der Waals surface area contributed by atoms with E-state index in [1.807, 2.05) is 53.8 Å². The Morgan fingerprint density at radius 3 is 2.37 bits per heavy atom. The van der Waals surface area contributed by atoms with Crippen molar-refractivity contribution in [2.75, 3.05) is 6.54 Å². The fraction of sp³-hybridized carbons (Fsp3) is 0.261. The van der Waals surface area contributed by atoms with E-state index in [2.05, 4.69) is 36.5 Å². The first-order valence-corrected chi connectivity index (χ1v) is 9.47. The average molecular weight is 363 g/mol. The number of aryl methyl sites for hydroxylation is 1. The highest BCUT2D eigenvalue weighted by Crippen LogP contribution is 2.18. The molecule has 4 heteroatoms. The van der Waals surface area contributed by atoms with Gasteiger partial charge in [-0.15, -0.1) is 0 Å². The maximum atomic E-state index is 12.4. The van der Waals surface area contributed by atoms with Crippen LogP contribution in [0.1, 0.15) is 36.3 Å². The fourth-order valence-corrected chi connectivity index (χ4v) is 3.20. The van der Waals surface area contributed by atoms with Crippen LogP contribution in [-0.4, -0.2) is 18.5 Å². The Morgan fingerprint density at radius 1 is 1.00 bits per heavy atom. The van der Waals surface area contributed by atoms with Crippen molar-refractivity contribution in [1.82, 2.24) is 5.32 Å². The summed E-state index contributed by atoms with van der Waals surface area (Å²) in [5.41, 5.74) is 2.42. The second kappa shape index (κ2) is 9.74. The molecule has 1 amide bonds. The second-order valence-electron chi connectivity index (χ2n) is 6.84. The van der Waals surface area contributed by atoms with Crippen molar-refractivity contribution in [1.29, 1.82) is 0 Å². The Bertz CT molecular complexity index is 801. The van der Waals surface area contributed by atoms with Gasteiger partial charge in [-0.1, -0.05) is 60.7 Å². The van der Waals surface area contributed by atoms with Gasteiger partial charge in [-0.05, 0) is 37.5 Å². The molecular formula is C23H27N2O2+. The normalized spacial score (nSPS) is 13.1. The Kier molecular flexibility index (Phi) is 6.83. The summed E-state index contributed by atoms with van der Waals surface area (Å²) in [6, 6.07) is 24.4. The van der Waals surface area contributed by atoms with Crippen molar-refractivity contribution < 1.29 is 14.5 Å². The number of amides is 1. The Morgan fingerprint density at radius 2 is 1.70 bits per heavy atom. The van der Waals surface area contributed by atoms with Crippen molar-refractivity contribution >= 4 is 5.91 Å². The van der Waals surface area contributed by atoms with Crippen LogP contribution in [0, 0.1) is 0 Å².